The summed E-state index contributed by atoms with van der Waals surface area (Å²) in [4.78, 5) is 16.8. The van der Waals surface area contributed by atoms with Gasteiger partial charge in [-0.05, 0) is 56.1 Å². The monoisotopic (exact) mass is 532 g/mol. The van der Waals surface area contributed by atoms with Gasteiger partial charge in [-0.2, -0.15) is 13.2 Å². The van der Waals surface area contributed by atoms with Crippen LogP contribution < -0.4 is 5.32 Å². The summed E-state index contributed by atoms with van der Waals surface area (Å²) in [7, 11) is 2.19. The SMILES string of the molecule is CN1CCN(Cc2ccc(CN3CCC(CNc4ncnc5sc(CC(F)(F)F)cc45)CC3)cc2)CC1. The van der Waals surface area contributed by atoms with E-state index in [4.69, 9.17) is 0 Å². The number of nitrogens with one attached hydrogen (secondary N) is 1. The number of piperidine rings is 1. The standard InChI is InChI=1S/C27H35F3N6S/c1-34-10-12-36(13-11-34)18-22-4-2-21(3-5-22)17-35-8-6-20(7-9-35)16-31-25-24-14-23(15-27(28,29)30)37-26(24)33-19-32-25/h2-5,14,19-20H,6-13,15-18H2,1H3,(H,31,32,33). The molecule has 4 heterocycles. The van der Waals surface area contributed by atoms with E-state index in [1.807, 2.05) is 0 Å². The number of likely N-dealkylation sites (N-methyl/N-ethyl adjacent to an activating group) is 1. The van der Waals surface area contributed by atoms with Crippen molar-refractivity contribution in [3.63, 3.8) is 0 Å². The van der Waals surface area contributed by atoms with Gasteiger partial charge in [0.25, 0.3) is 0 Å². The molecule has 10 heteroatoms. The maximum absolute atomic E-state index is 12.8. The Hall–Kier alpha value is -2.27. The Bertz CT molecular complexity index is 1150. The number of hydrogen-bond donors (Lipinski definition) is 1. The van der Waals surface area contributed by atoms with Crippen LogP contribution in [0.4, 0.5) is 19.0 Å². The van der Waals surface area contributed by atoms with E-state index in [9.17, 15) is 13.2 Å². The second-order valence-electron chi connectivity index (χ2n) is 10.4. The lowest BCUT2D eigenvalue weighted by molar-refractivity contribution is -0.126. The van der Waals surface area contributed by atoms with E-state index in [0.717, 1.165) is 83.1 Å². The second kappa shape index (κ2) is 11.6. The molecule has 0 aliphatic carbocycles. The first-order valence-electron chi connectivity index (χ1n) is 13.1. The van der Waals surface area contributed by atoms with Crippen molar-refractivity contribution < 1.29 is 13.2 Å². The first kappa shape index (κ1) is 26.3. The van der Waals surface area contributed by atoms with E-state index >= 15 is 0 Å². The molecule has 5 rings (SSSR count). The van der Waals surface area contributed by atoms with Crippen LogP contribution in [0.25, 0.3) is 10.2 Å². The van der Waals surface area contributed by atoms with Gasteiger partial charge >= 0.3 is 6.18 Å². The number of halogens is 3. The quantitative estimate of drug-likeness (QED) is 0.447. The summed E-state index contributed by atoms with van der Waals surface area (Å²) in [5, 5.41) is 4.07. The van der Waals surface area contributed by atoms with Gasteiger partial charge in [-0.15, -0.1) is 11.3 Å². The summed E-state index contributed by atoms with van der Waals surface area (Å²) in [5.41, 5.74) is 2.74. The Kier molecular flexibility index (Phi) is 8.28. The lowest BCUT2D eigenvalue weighted by Crippen LogP contribution is -2.43. The highest BCUT2D eigenvalue weighted by molar-refractivity contribution is 7.18. The maximum Gasteiger partial charge on any atom is 0.393 e. The fourth-order valence-corrected chi connectivity index (χ4v) is 6.22. The summed E-state index contributed by atoms with van der Waals surface area (Å²) in [6.45, 7) is 9.41. The van der Waals surface area contributed by atoms with Crippen LogP contribution in [0.1, 0.15) is 28.8 Å². The molecule has 0 saturated carbocycles. The number of piperazine rings is 1. The van der Waals surface area contributed by atoms with Crippen molar-refractivity contribution in [2.45, 2.75) is 38.5 Å². The molecule has 1 N–H and O–H groups in total. The van der Waals surface area contributed by atoms with Crippen LogP contribution >= 0.6 is 11.3 Å². The lowest BCUT2D eigenvalue weighted by Gasteiger charge is -2.33. The average Bonchev–Trinajstić information content (AvgIpc) is 3.27. The normalized spacial score (nSPS) is 19.0. The maximum atomic E-state index is 12.8. The average molecular weight is 533 g/mol. The van der Waals surface area contributed by atoms with Crippen molar-refractivity contribution in [2.75, 3.05) is 58.2 Å². The van der Waals surface area contributed by atoms with E-state index in [1.54, 1.807) is 6.07 Å². The summed E-state index contributed by atoms with van der Waals surface area (Å²) in [6, 6.07) is 10.7. The Labute approximate surface area is 220 Å². The Morgan fingerprint density at radius 1 is 0.919 bits per heavy atom. The molecular weight excluding hydrogens is 497 g/mol. The zero-order valence-corrected chi connectivity index (χ0v) is 22.1. The van der Waals surface area contributed by atoms with Crippen LogP contribution in [0.2, 0.25) is 0 Å². The van der Waals surface area contributed by atoms with Gasteiger partial charge in [0.15, 0.2) is 0 Å². The fourth-order valence-electron chi connectivity index (χ4n) is 5.19. The third-order valence-electron chi connectivity index (χ3n) is 7.45. The minimum atomic E-state index is -4.22. The van der Waals surface area contributed by atoms with Gasteiger partial charge in [0.05, 0.1) is 11.8 Å². The highest BCUT2D eigenvalue weighted by Gasteiger charge is 2.29. The molecular formula is C27H35F3N6S. The Morgan fingerprint density at radius 3 is 2.16 bits per heavy atom. The molecule has 0 atom stereocenters. The van der Waals surface area contributed by atoms with Gasteiger partial charge in [-0.25, -0.2) is 9.97 Å². The Balaban J connectivity index is 1.07. The molecule has 2 aliphatic heterocycles. The predicted octanol–water partition coefficient (Wildman–Crippen LogP) is 4.87. The number of benzene rings is 1. The van der Waals surface area contributed by atoms with Gasteiger partial charge in [-0.3, -0.25) is 9.80 Å². The highest BCUT2D eigenvalue weighted by atomic mass is 32.1. The van der Waals surface area contributed by atoms with Gasteiger partial charge in [-0.1, -0.05) is 24.3 Å². The van der Waals surface area contributed by atoms with Crippen LogP contribution in [-0.2, 0) is 19.5 Å². The second-order valence-corrected chi connectivity index (χ2v) is 11.6. The predicted molar refractivity (Wildman–Crippen MR) is 143 cm³/mol. The molecule has 0 radical (unpaired) electrons. The van der Waals surface area contributed by atoms with Crippen LogP contribution in [0.5, 0.6) is 0 Å². The Morgan fingerprint density at radius 2 is 1.54 bits per heavy atom. The largest absolute Gasteiger partial charge is 0.393 e. The van der Waals surface area contributed by atoms with Crippen LogP contribution in [-0.4, -0.2) is 83.7 Å². The molecule has 3 aromatic rings. The van der Waals surface area contributed by atoms with Gasteiger partial charge in [0, 0.05) is 50.7 Å². The zero-order chi connectivity index (χ0) is 25.8. The van der Waals surface area contributed by atoms with Gasteiger partial charge in [0.2, 0.25) is 0 Å². The molecule has 1 aromatic carbocycles. The minimum absolute atomic E-state index is 0.270. The summed E-state index contributed by atoms with van der Waals surface area (Å²) >= 11 is 1.09. The van der Waals surface area contributed by atoms with Crippen molar-refractivity contribution in [3.05, 3.63) is 52.7 Å². The van der Waals surface area contributed by atoms with Crippen molar-refractivity contribution in [1.29, 1.82) is 0 Å². The number of thiophene rings is 1. The molecule has 0 amide bonds. The topological polar surface area (TPSA) is 47.5 Å². The fraction of sp³-hybridized carbons (Fsp3) is 0.556. The van der Waals surface area contributed by atoms with Crippen molar-refractivity contribution >= 4 is 27.4 Å². The lowest BCUT2D eigenvalue weighted by atomic mass is 9.96. The number of likely N-dealkylation sites (tertiary alicyclic amines) is 1. The number of alkyl halides is 3. The summed E-state index contributed by atoms with van der Waals surface area (Å²) < 4.78 is 38.4. The number of anilines is 1. The molecule has 200 valence electrons. The summed E-state index contributed by atoms with van der Waals surface area (Å²) in [5.74, 6) is 1.15. The van der Waals surface area contributed by atoms with Crippen molar-refractivity contribution in [1.82, 2.24) is 24.7 Å². The smallest absolute Gasteiger partial charge is 0.369 e. The third-order valence-corrected chi connectivity index (χ3v) is 8.49. The van der Waals surface area contributed by atoms with Crippen molar-refractivity contribution in [3.8, 4) is 0 Å². The molecule has 37 heavy (non-hydrogen) atoms. The molecule has 2 aliphatic rings. The summed E-state index contributed by atoms with van der Waals surface area (Å²) in [6.07, 6.45) is -1.54. The minimum Gasteiger partial charge on any atom is -0.369 e. The highest BCUT2D eigenvalue weighted by Crippen LogP contribution is 2.32. The number of aromatic nitrogens is 2. The number of hydrogen-bond acceptors (Lipinski definition) is 7. The molecule has 6 nitrogen and oxygen atoms in total. The zero-order valence-electron chi connectivity index (χ0n) is 21.3. The van der Waals surface area contributed by atoms with Gasteiger partial charge < -0.3 is 10.2 Å². The molecule has 2 aromatic heterocycles. The molecule has 0 spiro atoms. The van der Waals surface area contributed by atoms with E-state index in [0.29, 0.717) is 22.0 Å². The van der Waals surface area contributed by atoms with Crippen LogP contribution in [0.3, 0.4) is 0 Å². The van der Waals surface area contributed by atoms with E-state index in [-0.39, 0.29) is 4.88 Å². The number of nitrogens with zero attached hydrogens (tertiary/aromatic N) is 5. The van der Waals surface area contributed by atoms with E-state index in [2.05, 4.69) is 61.3 Å². The van der Waals surface area contributed by atoms with Gasteiger partial charge in [0.1, 0.15) is 17.0 Å². The molecule has 0 unspecified atom stereocenters. The molecule has 2 saturated heterocycles. The third kappa shape index (κ3) is 7.40. The first-order valence-corrected chi connectivity index (χ1v) is 13.9. The number of fused-ring (bicyclic) bond motifs is 1. The van der Waals surface area contributed by atoms with Crippen LogP contribution in [0.15, 0.2) is 36.7 Å². The number of rotatable bonds is 8. The van der Waals surface area contributed by atoms with Crippen molar-refractivity contribution in [2.24, 2.45) is 5.92 Å². The van der Waals surface area contributed by atoms with E-state index < -0.39 is 12.6 Å². The first-order chi connectivity index (χ1) is 17.8. The van der Waals surface area contributed by atoms with Crippen LogP contribution in [0, 0.1) is 5.92 Å². The van der Waals surface area contributed by atoms with E-state index in [1.165, 1.54) is 17.5 Å². The molecule has 0 bridgehead atoms. The molecule has 2 fully saturated rings.